The lowest BCUT2D eigenvalue weighted by Crippen LogP contribution is -2.08. The average molecular weight is 244 g/mol. The summed E-state index contributed by atoms with van der Waals surface area (Å²) < 4.78 is 2.03. The highest BCUT2D eigenvalue weighted by molar-refractivity contribution is 5.88. The molecule has 0 atom stereocenters. The number of nitrogens with zero attached hydrogens (tertiary/aromatic N) is 2. The van der Waals surface area contributed by atoms with Crippen LogP contribution in [-0.4, -0.2) is 20.5 Å². The van der Waals surface area contributed by atoms with Crippen LogP contribution in [0.15, 0.2) is 24.5 Å². The second-order valence-electron chi connectivity index (χ2n) is 4.97. The molecule has 0 unspecified atom stereocenters. The zero-order chi connectivity index (χ0) is 12.5. The van der Waals surface area contributed by atoms with E-state index in [0.29, 0.717) is 11.5 Å². The normalized spacial score (nSPS) is 17.1. The van der Waals surface area contributed by atoms with Gasteiger partial charge in [-0.15, -0.1) is 0 Å². The van der Waals surface area contributed by atoms with Crippen molar-refractivity contribution in [3.8, 4) is 0 Å². The predicted octanol–water partition coefficient (Wildman–Crippen LogP) is 3.08. The molecule has 4 nitrogen and oxygen atoms in total. The third-order valence-corrected chi connectivity index (χ3v) is 3.78. The molecule has 2 aromatic heterocycles. The molecule has 3 rings (SSSR count). The summed E-state index contributed by atoms with van der Waals surface area (Å²) in [5.74, 6) is 0.719. The molecular formula is C14H16N2O2. The molecule has 1 N–H and O–H groups in total. The largest absolute Gasteiger partial charge is 0.478 e. The number of fused-ring (bicyclic) bond motifs is 1. The molecule has 0 aromatic carbocycles. The van der Waals surface area contributed by atoms with E-state index in [2.05, 4.69) is 4.98 Å². The Balaban J connectivity index is 2.01. The van der Waals surface area contributed by atoms with Gasteiger partial charge < -0.3 is 9.51 Å². The molecule has 2 heterocycles. The minimum absolute atomic E-state index is 0.317. The van der Waals surface area contributed by atoms with E-state index in [-0.39, 0.29) is 0 Å². The Morgan fingerprint density at radius 3 is 2.83 bits per heavy atom. The molecule has 4 heteroatoms. The average Bonchev–Trinajstić information content (AvgIpc) is 2.82. The fraction of sp³-hybridized carbons (Fsp3) is 0.429. The van der Waals surface area contributed by atoms with Gasteiger partial charge in [-0.2, -0.15) is 0 Å². The van der Waals surface area contributed by atoms with Crippen molar-refractivity contribution in [3.63, 3.8) is 0 Å². The molecule has 1 aliphatic rings. The number of carbonyl (C=O) groups is 1. The molecule has 1 aliphatic carbocycles. The van der Waals surface area contributed by atoms with E-state index in [9.17, 15) is 4.79 Å². The summed E-state index contributed by atoms with van der Waals surface area (Å²) in [7, 11) is 0. The van der Waals surface area contributed by atoms with Gasteiger partial charge in [0.25, 0.3) is 0 Å². The van der Waals surface area contributed by atoms with Crippen LogP contribution >= 0.6 is 0 Å². The quantitative estimate of drug-likeness (QED) is 0.883. The summed E-state index contributed by atoms with van der Waals surface area (Å²) in [6, 6.07) is 3.32. The van der Waals surface area contributed by atoms with Gasteiger partial charge in [-0.3, -0.25) is 0 Å². The van der Waals surface area contributed by atoms with Crippen molar-refractivity contribution in [2.45, 2.75) is 38.0 Å². The summed E-state index contributed by atoms with van der Waals surface area (Å²) in [4.78, 5) is 15.4. The number of hydrogen-bond acceptors (Lipinski definition) is 2. The van der Waals surface area contributed by atoms with Crippen LogP contribution in [0.1, 0.15) is 54.2 Å². The Labute approximate surface area is 105 Å². The summed E-state index contributed by atoms with van der Waals surface area (Å²) >= 11 is 0. The van der Waals surface area contributed by atoms with Crippen LogP contribution < -0.4 is 0 Å². The number of aromatic carboxylic acids is 1. The highest BCUT2D eigenvalue weighted by Crippen LogP contribution is 2.32. The van der Waals surface area contributed by atoms with Gasteiger partial charge in [0.15, 0.2) is 0 Å². The highest BCUT2D eigenvalue weighted by atomic mass is 16.4. The van der Waals surface area contributed by atoms with Crippen molar-refractivity contribution in [1.82, 2.24) is 9.38 Å². The Bertz CT molecular complexity index is 582. The molecule has 0 bridgehead atoms. The molecule has 0 aliphatic heterocycles. The number of aromatic nitrogens is 2. The molecule has 1 saturated carbocycles. The molecular weight excluding hydrogens is 228 g/mol. The van der Waals surface area contributed by atoms with Crippen molar-refractivity contribution in [2.75, 3.05) is 0 Å². The monoisotopic (exact) mass is 244 g/mol. The van der Waals surface area contributed by atoms with Gasteiger partial charge in [-0.1, -0.05) is 19.3 Å². The fourth-order valence-corrected chi connectivity index (χ4v) is 2.82. The number of rotatable bonds is 2. The lowest BCUT2D eigenvalue weighted by molar-refractivity contribution is 0.0697. The van der Waals surface area contributed by atoms with Gasteiger partial charge in [-0.05, 0) is 25.0 Å². The second-order valence-corrected chi connectivity index (χ2v) is 4.97. The van der Waals surface area contributed by atoms with Crippen LogP contribution in [0.25, 0.3) is 5.52 Å². The third kappa shape index (κ3) is 1.88. The van der Waals surface area contributed by atoms with E-state index in [4.69, 9.17) is 5.11 Å². The van der Waals surface area contributed by atoms with Crippen molar-refractivity contribution in [2.24, 2.45) is 0 Å². The summed E-state index contributed by atoms with van der Waals surface area (Å²) in [6.07, 6.45) is 9.86. The lowest BCUT2D eigenvalue weighted by Gasteiger charge is -2.20. The third-order valence-electron chi connectivity index (χ3n) is 3.78. The van der Waals surface area contributed by atoms with Gasteiger partial charge in [0.2, 0.25) is 0 Å². The van der Waals surface area contributed by atoms with Crippen LogP contribution in [0.4, 0.5) is 0 Å². The number of imidazole rings is 1. The molecule has 0 amide bonds. The van der Waals surface area contributed by atoms with Gasteiger partial charge in [0.1, 0.15) is 5.82 Å². The van der Waals surface area contributed by atoms with Gasteiger partial charge in [0, 0.05) is 12.1 Å². The van der Waals surface area contributed by atoms with Crippen LogP contribution in [0, 0.1) is 0 Å². The fourth-order valence-electron chi connectivity index (χ4n) is 2.82. The van der Waals surface area contributed by atoms with E-state index in [1.54, 1.807) is 18.3 Å². The van der Waals surface area contributed by atoms with E-state index in [1.165, 1.54) is 32.1 Å². The predicted molar refractivity (Wildman–Crippen MR) is 68.0 cm³/mol. The van der Waals surface area contributed by atoms with Crippen molar-refractivity contribution in [3.05, 3.63) is 35.9 Å². The smallest absolute Gasteiger partial charge is 0.335 e. The first kappa shape index (κ1) is 11.3. The maximum absolute atomic E-state index is 10.9. The minimum Gasteiger partial charge on any atom is -0.478 e. The van der Waals surface area contributed by atoms with Gasteiger partial charge in [0.05, 0.1) is 17.3 Å². The Kier molecular flexibility index (Phi) is 2.78. The molecule has 0 spiro atoms. The lowest BCUT2D eigenvalue weighted by atomic mass is 9.89. The molecule has 1 fully saturated rings. The first-order valence-electron chi connectivity index (χ1n) is 6.46. The molecule has 18 heavy (non-hydrogen) atoms. The van der Waals surface area contributed by atoms with E-state index < -0.39 is 5.97 Å². The topological polar surface area (TPSA) is 54.6 Å². The Morgan fingerprint density at radius 1 is 1.33 bits per heavy atom. The summed E-state index contributed by atoms with van der Waals surface area (Å²) in [6.45, 7) is 0. The van der Waals surface area contributed by atoms with Crippen LogP contribution in [-0.2, 0) is 0 Å². The van der Waals surface area contributed by atoms with Gasteiger partial charge in [-0.25, -0.2) is 9.78 Å². The second kappa shape index (κ2) is 4.44. The number of pyridine rings is 1. The van der Waals surface area contributed by atoms with Crippen LogP contribution in [0.2, 0.25) is 0 Å². The molecule has 0 saturated heterocycles. The summed E-state index contributed by atoms with van der Waals surface area (Å²) in [5, 5.41) is 8.97. The van der Waals surface area contributed by atoms with Crippen LogP contribution in [0.3, 0.4) is 0 Å². The summed E-state index contributed by atoms with van der Waals surface area (Å²) in [5.41, 5.74) is 1.19. The van der Waals surface area contributed by atoms with Crippen molar-refractivity contribution < 1.29 is 9.90 Å². The number of hydrogen-bond donors (Lipinski definition) is 1. The highest BCUT2D eigenvalue weighted by Gasteiger charge is 2.20. The zero-order valence-electron chi connectivity index (χ0n) is 10.2. The van der Waals surface area contributed by atoms with Gasteiger partial charge >= 0.3 is 5.97 Å². The van der Waals surface area contributed by atoms with Crippen molar-refractivity contribution >= 4 is 11.5 Å². The molecule has 94 valence electrons. The maximum Gasteiger partial charge on any atom is 0.335 e. The van der Waals surface area contributed by atoms with Crippen molar-refractivity contribution in [1.29, 1.82) is 0 Å². The Morgan fingerprint density at radius 2 is 2.11 bits per heavy atom. The standard InChI is InChI=1S/C14H16N2O2/c17-14(18)11-6-7-16-12(8-11)9-15-13(16)10-4-2-1-3-5-10/h6-10H,1-5H2,(H,17,18). The first-order valence-corrected chi connectivity index (χ1v) is 6.46. The minimum atomic E-state index is -0.891. The first-order chi connectivity index (χ1) is 8.75. The number of carboxylic acids is 1. The maximum atomic E-state index is 10.9. The molecule has 0 radical (unpaired) electrons. The zero-order valence-corrected chi connectivity index (χ0v) is 10.2. The SMILES string of the molecule is O=C(O)c1ccn2c(C3CCCCC3)ncc2c1. The Hall–Kier alpha value is -1.84. The molecule has 2 aromatic rings. The van der Waals surface area contributed by atoms with E-state index in [1.807, 2.05) is 10.6 Å². The number of carboxylic acid groups (broad SMARTS) is 1. The van der Waals surface area contributed by atoms with E-state index >= 15 is 0 Å². The van der Waals surface area contributed by atoms with E-state index in [0.717, 1.165) is 11.3 Å². The van der Waals surface area contributed by atoms with Crippen LogP contribution in [0.5, 0.6) is 0 Å².